The van der Waals surface area contributed by atoms with Gasteiger partial charge >= 0.3 is 0 Å². The molecule has 0 saturated carbocycles. The average molecular weight is 322 g/mol. The van der Waals surface area contributed by atoms with Crippen molar-refractivity contribution in [2.75, 3.05) is 19.8 Å². The second-order valence-corrected chi connectivity index (χ2v) is 6.26. The highest BCUT2D eigenvalue weighted by Crippen LogP contribution is 2.15. The van der Waals surface area contributed by atoms with Crippen LogP contribution >= 0.6 is 0 Å². The van der Waals surface area contributed by atoms with Gasteiger partial charge in [0, 0.05) is 38.5 Å². The Bertz CT molecular complexity index is 512. The van der Waals surface area contributed by atoms with Crippen LogP contribution in [0.15, 0.2) is 0 Å². The molecule has 3 heterocycles. The zero-order chi connectivity index (χ0) is 16.1. The summed E-state index contributed by atoms with van der Waals surface area (Å²) in [7, 11) is 0. The monoisotopic (exact) mass is 322 g/mol. The van der Waals surface area contributed by atoms with Crippen LogP contribution in [-0.4, -0.2) is 52.6 Å². The van der Waals surface area contributed by atoms with Crippen molar-refractivity contribution in [3.8, 4) is 0 Å². The summed E-state index contributed by atoms with van der Waals surface area (Å²) in [6.45, 7) is 4.73. The molecule has 1 amide bonds. The van der Waals surface area contributed by atoms with E-state index in [4.69, 9.17) is 9.47 Å². The molecule has 2 atom stereocenters. The minimum atomic E-state index is 0.0527. The second-order valence-electron chi connectivity index (χ2n) is 6.26. The SMILES string of the molecule is CCc1nnc2n1C[C@H](NC(=O)CCOC[C@H]1CCCO1)CC2. The predicted molar refractivity (Wildman–Crippen MR) is 84.1 cm³/mol. The van der Waals surface area contributed by atoms with Crippen LogP contribution in [0.3, 0.4) is 0 Å². The maximum Gasteiger partial charge on any atom is 0.222 e. The van der Waals surface area contributed by atoms with Gasteiger partial charge < -0.3 is 19.4 Å². The molecule has 1 aromatic rings. The molecule has 2 aliphatic heterocycles. The summed E-state index contributed by atoms with van der Waals surface area (Å²) in [5, 5.41) is 11.5. The van der Waals surface area contributed by atoms with Crippen molar-refractivity contribution >= 4 is 5.91 Å². The standard InChI is InChI=1S/C16H26N4O3/c1-2-14-18-19-15-6-5-12(10-20(14)15)17-16(21)7-9-22-11-13-4-3-8-23-13/h12-13H,2-11H2,1H3,(H,17,21)/t12-,13-/m1/s1. The molecular formula is C16H26N4O3. The van der Waals surface area contributed by atoms with Crippen molar-refractivity contribution in [1.82, 2.24) is 20.1 Å². The molecular weight excluding hydrogens is 296 g/mol. The Hall–Kier alpha value is -1.47. The van der Waals surface area contributed by atoms with Crippen LogP contribution in [0.4, 0.5) is 0 Å². The van der Waals surface area contributed by atoms with Gasteiger partial charge in [0.2, 0.25) is 5.91 Å². The van der Waals surface area contributed by atoms with Gasteiger partial charge in [-0.1, -0.05) is 6.92 Å². The second kappa shape index (κ2) is 7.88. The average Bonchev–Trinajstić information content (AvgIpc) is 3.20. The molecule has 0 radical (unpaired) electrons. The Labute approximate surface area is 136 Å². The number of hydrogen-bond acceptors (Lipinski definition) is 5. The number of hydrogen-bond donors (Lipinski definition) is 1. The lowest BCUT2D eigenvalue weighted by Crippen LogP contribution is -2.41. The summed E-state index contributed by atoms with van der Waals surface area (Å²) >= 11 is 0. The maximum atomic E-state index is 12.0. The van der Waals surface area contributed by atoms with Crippen molar-refractivity contribution < 1.29 is 14.3 Å². The summed E-state index contributed by atoms with van der Waals surface area (Å²) in [4.78, 5) is 12.0. The first-order valence-corrected chi connectivity index (χ1v) is 8.66. The number of aryl methyl sites for hydroxylation is 2. The number of rotatable bonds is 7. The molecule has 128 valence electrons. The molecule has 3 rings (SSSR count). The molecule has 0 bridgehead atoms. The van der Waals surface area contributed by atoms with Crippen LogP contribution in [0.25, 0.3) is 0 Å². The van der Waals surface area contributed by atoms with E-state index < -0.39 is 0 Å². The number of carbonyl (C=O) groups is 1. The molecule has 2 aliphatic rings. The predicted octanol–water partition coefficient (Wildman–Crippen LogP) is 0.857. The fourth-order valence-electron chi connectivity index (χ4n) is 3.22. The number of nitrogens with zero attached hydrogens (tertiary/aromatic N) is 3. The van der Waals surface area contributed by atoms with Crippen molar-refractivity contribution in [2.24, 2.45) is 0 Å². The minimum absolute atomic E-state index is 0.0527. The van der Waals surface area contributed by atoms with Crippen LogP contribution in [0.5, 0.6) is 0 Å². The number of fused-ring (bicyclic) bond motifs is 1. The van der Waals surface area contributed by atoms with Crippen LogP contribution in [-0.2, 0) is 33.7 Å². The zero-order valence-electron chi connectivity index (χ0n) is 13.8. The Morgan fingerprint density at radius 1 is 1.43 bits per heavy atom. The summed E-state index contributed by atoms with van der Waals surface area (Å²) in [6, 6.07) is 0.162. The van der Waals surface area contributed by atoms with Crippen LogP contribution in [0.2, 0.25) is 0 Å². The lowest BCUT2D eigenvalue weighted by atomic mass is 10.1. The van der Waals surface area contributed by atoms with E-state index in [1.165, 1.54) is 0 Å². The molecule has 0 spiro atoms. The van der Waals surface area contributed by atoms with Gasteiger partial charge in [-0.2, -0.15) is 0 Å². The zero-order valence-corrected chi connectivity index (χ0v) is 13.8. The van der Waals surface area contributed by atoms with Crippen molar-refractivity contribution in [3.05, 3.63) is 11.6 Å². The lowest BCUT2D eigenvalue weighted by molar-refractivity contribution is -0.123. The Kier molecular flexibility index (Phi) is 5.61. The van der Waals surface area contributed by atoms with Crippen molar-refractivity contribution in [1.29, 1.82) is 0 Å². The topological polar surface area (TPSA) is 78.3 Å². The van der Waals surface area contributed by atoms with Crippen LogP contribution in [0.1, 0.15) is 44.3 Å². The third-order valence-corrected chi connectivity index (χ3v) is 4.51. The summed E-state index contributed by atoms with van der Waals surface area (Å²) in [5.41, 5.74) is 0. The van der Waals surface area contributed by atoms with Gasteiger partial charge in [0.25, 0.3) is 0 Å². The molecule has 1 fully saturated rings. The lowest BCUT2D eigenvalue weighted by Gasteiger charge is -2.25. The van der Waals surface area contributed by atoms with Gasteiger partial charge in [0.1, 0.15) is 11.6 Å². The maximum absolute atomic E-state index is 12.0. The summed E-state index contributed by atoms with van der Waals surface area (Å²) in [6.07, 6.45) is 5.45. The molecule has 7 nitrogen and oxygen atoms in total. The van der Waals surface area contributed by atoms with E-state index in [2.05, 4.69) is 27.0 Å². The number of nitrogens with one attached hydrogen (secondary N) is 1. The number of amides is 1. The molecule has 1 saturated heterocycles. The Morgan fingerprint density at radius 2 is 2.35 bits per heavy atom. The highest BCUT2D eigenvalue weighted by Gasteiger charge is 2.23. The molecule has 7 heteroatoms. The molecule has 0 unspecified atom stereocenters. The number of carbonyl (C=O) groups excluding carboxylic acids is 1. The van der Waals surface area contributed by atoms with Crippen LogP contribution < -0.4 is 5.32 Å². The van der Waals surface area contributed by atoms with E-state index in [1.54, 1.807) is 0 Å². The normalized spacial score (nSPS) is 23.7. The largest absolute Gasteiger partial charge is 0.378 e. The first kappa shape index (κ1) is 16.4. The van der Waals surface area contributed by atoms with E-state index in [1.807, 2.05) is 0 Å². The van der Waals surface area contributed by atoms with E-state index in [-0.39, 0.29) is 18.1 Å². The summed E-state index contributed by atoms with van der Waals surface area (Å²) < 4.78 is 13.2. The van der Waals surface area contributed by atoms with Gasteiger partial charge in [-0.05, 0) is 19.3 Å². The third-order valence-electron chi connectivity index (χ3n) is 4.51. The van der Waals surface area contributed by atoms with Gasteiger partial charge in [0.15, 0.2) is 0 Å². The van der Waals surface area contributed by atoms with Crippen molar-refractivity contribution in [3.63, 3.8) is 0 Å². The van der Waals surface area contributed by atoms with E-state index >= 15 is 0 Å². The smallest absolute Gasteiger partial charge is 0.222 e. The fourth-order valence-corrected chi connectivity index (χ4v) is 3.22. The number of ether oxygens (including phenoxy) is 2. The van der Waals surface area contributed by atoms with Gasteiger partial charge in [-0.15, -0.1) is 10.2 Å². The third kappa shape index (κ3) is 4.29. The minimum Gasteiger partial charge on any atom is -0.378 e. The fraction of sp³-hybridized carbons (Fsp3) is 0.812. The first-order chi connectivity index (χ1) is 11.3. The highest BCUT2D eigenvalue weighted by molar-refractivity contribution is 5.76. The highest BCUT2D eigenvalue weighted by atomic mass is 16.5. The summed E-state index contributed by atoms with van der Waals surface area (Å²) in [5.74, 6) is 2.09. The Balaban J connectivity index is 1.37. The van der Waals surface area contributed by atoms with Gasteiger partial charge in [-0.3, -0.25) is 4.79 Å². The van der Waals surface area contributed by atoms with E-state index in [9.17, 15) is 4.79 Å². The quantitative estimate of drug-likeness (QED) is 0.753. The van der Waals surface area contributed by atoms with Crippen molar-refractivity contribution in [2.45, 2.75) is 64.1 Å². The first-order valence-electron chi connectivity index (χ1n) is 8.66. The molecule has 1 N–H and O–H groups in total. The van der Waals surface area contributed by atoms with Crippen LogP contribution in [0, 0.1) is 0 Å². The molecule has 1 aromatic heterocycles. The molecule has 0 aliphatic carbocycles. The Morgan fingerprint density at radius 3 is 3.13 bits per heavy atom. The van der Waals surface area contributed by atoms with Gasteiger partial charge in [-0.25, -0.2) is 0 Å². The van der Waals surface area contributed by atoms with E-state index in [0.717, 1.165) is 56.9 Å². The number of aromatic nitrogens is 3. The molecule has 0 aromatic carbocycles. The van der Waals surface area contributed by atoms with Gasteiger partial charge in [0.05, 0.1) is 19.3 Å². The van der Waals surface area contributed by atoms with E-state index in [0.29, 0.717) is 19.6 Å². The molecule has 23 heavy (non-hydrogen) atoms.